The Balaban J connectivity index is 1.44. The molecule has 1 fully saturated rings. The van der Waals surface area contributed by atoms with Gasteiger partial charge in [-0.2, -0.15) is 0 Å². The van der Waals surface area contributed by atoms with Gasteiger partial charge in [-0.15, -0.1) is 22.7 Å². The zero-order valence-corrected chi connectivity index (χ0v) is 16.4. The number of thiophene rings is 1. The van der Waals surface area contributed by atoms with Crippen LogP contribution < -0.4 is 5.32 Å². The van der Waals surface area contributed by atoms with E-state index in [0.29, 0.717) is 11.2 Å². The smallest absolute Gasteiger partial charge is 0.274 e. The van der Waals surface area contributed by atoms with Gasteiger partial charge in [0.2, 0.25) is 0 Å². The molecule has 3 aromatic heterocycles. The average molecular weight is 394 g/mol. The van der Waals surface area contributed by atoms with Crippen LogP contribution in [0.15, 0.2) is 53.2 Å². The number of anilines is 1. The summed E-state index contributed by atoms with van der Waals surface area (Å²) in [7, 11) is 0. The Bertz CT molecular complexity index is 1090. The van der Waals surface area contributed by atoms with Gasteiger partial charge in [0.1, 0.15) is 5.69 Å². The number of hydrogen-bond acceptors (Lipinski definition) is 4. The van der Waals surface area contributed by atoms with Crippen LogP contribution in [0.25, 0.3) is 21.5 Å². The molecule has 0 bridgehead atoms. The molecule has 1 aliphatic carbocycles. The van der Waals surface area contributed by atoms with Crippen molar-refractivity contribution in [2.45, 2.75) is 31.7 Å². The number of rotatable bonds is 4. The maximum atomic E-state index is 13.0. The van der Waals surface area contributed by atoms with Crippen molar-refractivity contribution in [1.82, 2.24) is 9.55 Å². The van der Waals surface area contributed by atoms with Crippen molar-refractivity contribution in [2.75, 3.05) is 5.32 Å². The van der Waals surface area contributed by atoms with Gasteiger partial charge in [-0.25, -0.2) is 4.98 Å². The lowest BCUT2D eigenvalue weighted by atomic mass is 10.2. The van der Waals surface area contributed by atoms with Crippen molar-refractivity contribution in [1.29, 1.82) is 0 Å². The van der Waals surface area contributed by atoms with Crippen LogP contribution in [-0.2, 0) is 0 Å². The molecule has 0 saturated heterocycles. The molecule has 5 rings (SSSR count). The van der Waals surface area contributed by atoms with Crippen molar-refractivity contribution in [2.24, 2.45) is 0 Å². The van der Waals surface area contributed by atoms with E-state index in [0.717, 1.165) is 29.8 Å². The second kappa shape index (κ2) is 6.94. The minimum Gasteiger partial charge on any atom is -0.333 e. The zero-order chi connectivity index (χ0) is 18.2. The highest BCUT2D eigenvalue weighted by Gasteiger charge is 2.25. The molecular weight excluding hydrogens is 374 g/mol. The number of aromatic nitrogens is 2. The van der Waals surface area contributed by atoms with Crippen LogP contribution in [0.3, 0.4) is 0 Å². The van der Waals surface area contributed by atoms with Crippen molar-refractivity contribution < 1.29 is 4.79 Å². The summed E-state index contributed by atoms with van der Waals surface area (Å²) in [6.45, 7) is 0. The molecule has 4 nitrogen and oxygen atoms in total. The van der Waals surface area contributed by atoms with E-state index in [4.69, 9.17) is 0 Å². The van der Waals surface area contributed by atoms with Crippen LogP contribution in [0, 0.1) is 0 Å². The second-order valence-electron chi connectivity index (χ2n) is 6.87. The number of nitrogens with zero attached hydrogens (tertiary/aromatic N) is 2. The molecule has 3 heterocycles. The average Bonchev–Trinajstić information content (AvgIpc) is 3.46. The summed E-state index contributed by atoms with van der Waals surface area (Å²) in [6.07, 6.45) is 4.77. The number of fused-ring (bicyclic) bond motifs is 1. The monoisotopic (exact) mass is 393 g/mol. The Kier molecular flexibility index (Phi) is 4.30. The van der Waals surface area contributed by atoms with E-state index < -0.39 is 0 Å². The molecule has 0 spiro atoms. The Morgan fingerprint density at radius 3 is 2.74 bits per heavy atom. The van der Waals surface area contributed by atoms with Crippen LogP contribution in [0.4, 0.5) is 5.13 Å². The maximum absolute atomic E-state index is 13.0. The number of thiazole rings is 1. The Hall–Kier alpha value is -2.44. The zero-order valence-electron chi connectivity index (χ0n) is 14.7. The summed E-state index contributed by atoms with van der Waals surface area (Å²) in [5, 5.41) is 7.74. The summed E-state index contributed by atoms with van der Waals surface area (Å²) in [4.78, 5) is 17.6. The highest BCUT2D eigenvalue weighted by atomic mass is 32.1. The molecule has 1 amide bonds. The van der Waals surface area contributed by atoms with E-state index in [1.54, 1.807) is 11.3 Å². The molecule has 0 radical (unpaired) electrons. The standard InChI is InChI=1S/C21H19N3OS2/c25-20(23-21-22-16(13-27-21)14-6-2-1-3-7-14)18-12-19-17(10-11-26-19)24(18)15-8-4-5-9-15/h1-3,6-7,10-13,15H,4-5,8-9H2,(H,22,23,25). The molecule has 136 valence electrons. The topological polar surface area (TPSA) is 46.9 Å². The summed E-state index contributed by atoms with van der Waals surface area (Å²) >= 11 is 3.16. The van der Waals surface area contributed by atoms with E-state index in [1.165, 1.54) is 34.4 Å². The number of hydrogen-bond donors (Lipinski definition) is 1. The number of nitrogens with one attached hydrogen (secondary N) is 1. The molecule has 6 heteroatoms. The summed E-state index contributed by atoms with van der Waals surface area (Å²) < 4.78 is 3.43. The predicted molar refractivity (Wildman–Crippen MR) is 113 cm³/mol. The molecule has 0 aliphatic heterocycles. The first kappa shape index (κ1) is 16.7. The lowest BCUT2D eigenvalue weighted by Crippen LogP contribution is -2.19. The molecule has 1 N–H and O–H groups in total. The third-order valence-electron chi connectivity index (χ3n) is 5.18. The fourth-order valence-corrected chi connectivity index (χ4v) is 5.43. The van der Waals surface area contributed by atoms with Crippen LogP contribution >= 0.6 is 22.7 Å². The maximum Gasteiger partial charge on any atom is 0.274 e. The second-order valence-corrected chi connectivity index (χ2v) is 8.67. The Morgan fingerprint density at radius 2 is 1.93 bits per heavy atom. The fraction of sp³-hybridized carbons (Fsp3) is 0.238. The molecular formula is C21H19N3OS2. The molecule has 0 atom stereocenters. The van der Waals surface area contributed by atoms with Crippen molar-refractivity contribution in [3.05, 3.63) is 58.9 Å². The number of carbonyl (C=O) groups excluding carboxylic acids is 1. The fourth-order valence-electron chi connectivity index (χ4n) is 3.91. The van der Waals surface area contributed by atoms with Gasteiger partial charge < -0.3 is 4.57 Å². The predicted octanol–water partition coefficient (Wildman–Crippen LogP) is 6.19. The van der Waals surface area contributed by atoms with Gasteiger partial charge in [-0.05, 0) is 30.4 Å². The van der Waals surface area contributed by atoms with E-state index in [-0.39, 0.29) is 5.91 Å². The number of carbonyl (C=O) groups is 1. The van der Waals surface area contributed by atoms with Gasteiger partial charge in [-0.1, -0.05) is 43.2 Å². The van der Waals surface area contributed by atoms with Gasteiger partial charge in [0.05, 0.1) is 15.9 Å². The number of amides is 1. The van der Waals surface area contributed by atoms with Crippen LogP contribution in [-0.4, -0.2) is 15.5 Å². The van der Waals surface area contributed by atoms with E-state index in [2.05, 4.69) is 26.3 Å². The minimum absolute atomic E-state index is 0.0701. The molecule has 1 aromatic carbocycles. The lowest BCUT2D eigenvalue weighted by Gasteiger charge is -2.16. The first-order valence-electron chi connectivity index (χ1n) is 9.20. The first-order valence-corrected chi connectivity index (χ1v) is 11.0. The largest absolute Gasteiger partial charge is 0.333 e. The number of benzene rings is 1. The summed E-state index contributed by atoms with van der Waals surface area (Å²) in [5.41, 5.74) is 3.88. The van der Waals surface area contributed by atoms with Gasteiger partial charge in [0, 0.05) is 17.0 Å². The van der Waals surface area contributed by atoms with E-state index >= 15 is 0 Å². The molecule has 1 saturated carbocycles. The minimum atomic E-state index is -0.0701. The van der Waals surface area contributed by atoms with Crippen LogP contribution in [0.1, 0.15) is 42.2 Å². The third kappa shape index (κ3) is 3.09. The molecule has 4 aromatic rings. The van der Waals surface area contributed by atoms with Crippen molar-refractivity contribution >= 4 is 43.9 Å². The first-order chi connectivity index (χ1) is 13.3. The van der Waals surface area contributed by atoms with E-state index in [9.17, 15) is 4.79 Å². The van der Waals surface area contributed by atoms with Gasteiger partial charge in [0.15, 0.2) is 5.13 Å². The Morgan fingerprint density at radius 1 is 1.11 bits per heavy atom. The third-order valence-corrected chi connectivity index (χ3v) is 6.79. The Labute approximate surface area is 165 Å². The SMILES string of the molecule is O=C(Nc1nc(-c2ccccc2)cs1)c1cc2sccc2n1C1CCCC1. The lowest BCUT2D eigenvalue weighted by molar-refractivity contribution is 0.101. The molecule has 0 unspecified atom stereocenters. The van der Waals surface area contributed by atoms with E-state index in [1.807, 2.05) is 41.8 Å². The van der Waals surface area contributed by atoms with Crippen molar-refractivity contribution in [3.8, 4) is 11.3 Å². The van der Waals surface area contributed by atoms with Crippen molar-refractivity contribution in [3.63, 3.8) is 0 Å². The normalized spacial score (nSPS) is 14.8. The summed E-state index contributed by atoms with van der Waals surface area (Å²) in [5.74, 6) is -0.0701. The quantitative estimate of drug-likeness (QED) is 0.449. The van der Waals surface area contributed by atoms with Gasteiger partial charge in [-0.3, -0.25) is 10.1 Å². The molecule has 1 aliphatic rings. The van der Waals surface area contributed by atoms with Gasteiger partial charge >= 0.3 is 0 Å². The summed E-state index contributed by atoms with van der Waals surface area (Å²) in [6, 6.07) is 14.6. The highest BCUT2D eigenvalue weighted by Crippen LogP contribution is 2.37. The van der Waals surface area contributed by atoms with Crippen LogP contribution in [0.2, 0.25) is 0 Å². The highest BCUT2D eigenvalue weighted by molar-refractivity contribution is 7.17. The van der Waals surface area contributed by atoms with Crippen LogP contribution in [0.5, 0.6) is 0 Å². The van der Waals surface area contributed by atoms with Gasteiger partial charge in [0.25, 0.3) is 5.91 Å². The molecule has 27 heavy (non-hydrogen) atoms.